The molecule has 0 aromatic heterocycles. The lowest BCUT2D eigenvalue weighted by Crippen LogP contribution is -2.25. The van der Waals surface area contributed by atoms with Gasteiger partial charge < -0.3 is 10.8 Å². The minimum atomic E-state index is -0.919. The van der Waals surface area contributed by atoms with Gasteiger partial charge in [-0.1, -0.05) is 0 Å². The van der Waals surface area contributed by atoms with Gasteiger partial charge in [0.15, 0.2) is 5.78 Å². The highest BCUT2D eigenvalue weighted by Crippen LogP contribution is 2.28. The Morgan fingerprint density at radius 2 is 2.25 bits per heavy atom. The van der Waals surface area contributed by atoms with Crippen molar-refractivity contribution in [3.05, 3.63) is 29.3 Å². The predicted molar refractivity (Wildman–Crippen MR) is 59.2 cm³/mol. The number of carboxylic acids is 1. The fourth-order valence-corrected chi connectivity index (χ4v) is 2.15. The smallest absolute Gasteiger partial charge is 0.304 e. The predicted octanol–water partition coefficient (Wildman–Crippen LogP) is 1.49. The number of fused-ring (bicyclic) bond motifs is 1. The molecule has 0 saturated heterocycles. The van der Waals surface area contributed by atoms with Crippen LogP contribution in [0.1, 0.15) is 28.8 Å². The van der Waals surface area contributed by atoms with E-state index in [1.165, 1.54) is 0 Å². The summed E-state index contributed by atoms with van der Waals surface area (Å²) in [5, 5.41) is 8.70. The van der Waals surface area contributed by atoms with Crippen LogP contribution in [-0.2, 0) is 11.2 Å². The Morgan fingerprint density at radius 3 is 2.94 bits per heavy atom. The van der Waals surface area contributed by atoms with E-state index in [-0.39, 0.29) is 18.1 Å². The number of carbonyl (C=O) groups excluding carboxylic acids is 1. The van der Waals surface area contributed by atoms with Crippen molar-refractivity contribution in [2.75, 3.05) is 5.73 Å². The Hall–Kier alpha value is -1.84. The molecule has 0 amide bonds. The highest BCUT2D eigenvalue weighted by atomic mass is 16.4. The molecule has 1 aliphatic rings. The van der Waals surface area contributed by atoms with E-state index in [0.29, 0.717) is 17.7 Å². The second kappa shape index (κ2) is 3.96. The molecule has 0 fully saturated rings. The number of nitrogen functional groups attached to an aromatic ring is 1. The summed E-state index contributed by atoms with van der Waals surface area (Å²) in [6.07, 6.45) is 1.24. The maximum Gasteiger partial charge on any atom is 0.304 e. The third-order valence-corrected chi connectivity index (χ3v) is 2.95. The highest BCUT2D eigenvalue weighted by Gasteiger charge is 2.28. The first-order valence-electron chi connectivity index (χ1n) is 5.22. The van der Waals surface area contributed by atoms with E-state index in [1.807, 2.05) is 0 Å². The summed E-state index contributed by atoms with van der Waals surface area (Å²) in [6.45, 7) is 0. The van der Waals surface area contributed by atoms with E-state index in [2.05, 4.69) is 0 Å². The molecular weight excluding hydrogens is 206 g/mol. The van der Waals surface area contributed by atoms with Gasteiger partial charge in [0, 0.05) is 17.2 Å². The molecule has 0 aliphatic heterocycles. The van der Waals surface area contributed by atoms with E-state index >= 15 is 0 Å². The lowest BCUT2D eigenvalue weighted by atomic mass is 9.81. The first-order chi connectivity index (χ1) is 7.58. The van der Waals surface area contributed by atoms with E-state index in [9.17, 15) is 9.59 Å². The lowest BCUT2D eigenvalue weighted by Gasteiger charge is -2.22. The third kappa shape index (κ3) is 1.91. The zero-order valence-electron chi connectivity index (χ0n) is 8.77. The molecule has 16 heavy (non-hydrogen) atoms. The fourth-order valence-electron chi connectivity index (χ4n) is 2.15. The first kappa shape index (κ1) is 10.7. The van der Waals surface area contributed by atoms with Crippen LogP contribution in [0.5, 0.6) is 0 Å². The summed E-state index contributed by atoms with van der Waals surface area (Å²) in [4.78, 5) is 22.6. The molecule has 1 aliphatic carbocycles. The molecule has 84 valence electrons. The van der Waals surface area contributed by atoms with Crippen LogP contribution in [0.3, 0.4) is 0 Å². The number of Topliss-reactive ketones (excluding diaryl/α,β-unsaturated/α-hetero) is 1. The molecule has 2 rings (SSSR count). The number of hydrogen-bond donors (Lipinski definition) is 2. The van der Waals surface area contributed by atoms with Gasteiger partial charge in [0.2, 0.25) is 0 Å². The minimum absolute atomic E-state index is 0.0661. The van der Waals surface area contributed by atoms with E-state index in [1.54, 1.807) is 18.2 Å². The Balaban J connectivity index is 2.29. The average molecular weight is 219 g/mol. The number of rotatable bonds is 2. The van der Waals surface area contributed by atoms with Crippen LogP contribution >= 0.6 is 0 Å². The van der Waals surface area contributed by atoms with Crippen LogP contribution in [0.15, 0.2) is 18.2 Å². The number of carboxylic acid groups (broad SMARTS) is 1. The second-order valence-electron chi connectivity index (χ2n) is 4.11. The number of nitrogens with two attached hydrogens (primary N) is 1. The monoisotopic (exact) mass is 219 g/mol. The molecule has 4 nitrogen and oxygen atoms in total. The Kier molecular flexibility index (Phi) is 2.64. The fraction of sp³-hybridized carbons (Fsp3) is 0.333. The molecule has 1 aromatic carbocycles. The van der Waals surface area contributed by atoms with Crippen LogP contribution in [0.2, 0.25) is 0 Å². The first-order valence-corrected chi connectivity index (χ1v) is 5.22. The normalized spacial score (nSPS) is 19.2. The van der Waals surface area contributed by atoms with Gasteiger partial charge in [-0.05, 0) is 36.6 Å². The Morgan fingerprint density at radius 1 is 1.50 bits per heavy atom. The number of carbonyl (C=O) groups is 2. The summed E-state index contributed by atoms with van der Waals surface area (Å²) in [5.41, 5.74) is 7.85. The largest absolute Gasteiger partial charge is 0.481 e. The Bertz CT molecular complexity index is 454. The molecule has 0 spiro atoms. The highest BCUT2D eigenvalue weighted by molar-refractivity contribution is 6.01. The van der Waals surface area contributed by atoms with E-state index < -0.39 is 5.97 Å². The van der Waals surface area contributed by atoms with Crippen LogP contribution in [0.4, 0.5) is 5.69 Å². The summed E-state index contributed by atoms with van der Waals surface area (Å²) in [7, 11) is 0. The zero-order chi connectivity index (χ0) is 11.7. The molecule has 1 unspecified atom stereocenters. The van der Waals surface area contributed by atoms with Gasteiger partial charge in [0.1, 0.15) is 0 Å². The summed E-state index contributed by atoms with van der Waals surface area (Å²) >= 11 is 0. The quantitative estimate of drug-likeness (QED) is 0.738. The van der Waals surface area contributed by atoms with E-state index in [4.69, 9.17) is 10.8 Å². The molecular formula is C12H13NO3. The van der Waals surface area contributed by atoms with Crippen molar-refractivity contribution < 1.29 is 14.7 Å². The number of hydrogen-bond acceptors (Lipinski definition) is 3. The molecule has 3 N–H and O–H groups in total. The van der Waals surface area contributed by atoms with Gasteiger partial charge in [-0.3, -0.25) is 9.59 Å². The van der Waals surface area contributed by atoms with Crippen LogP contribution < -0.4 is 5.73 Å². The van der Waals surface area contributed by atoms with Crippen LogP contribution in [0, 0.1) is 5.92 Å². The van der Waals surface area contributed by atoms with Gasteiger partial charge >= 0.3 is 5.97 Å². The molecule has 0 heterocycles. The molecule has 0 saturated carbocycles. The summed E-state index contributed by atoms with van der Waals surface area (Å²) in [6, 6.07) is 5.17. The summed E-state index contributed by atoms with van der Waals surface area (Å²) < 4.78 is 0. The second-order valence-corrected chi connectivity index (χ2v) is 4.11. The van der Waals surface area contributed by atoms with Crippen molar-refractivity contribution in [2.24, 2.45) is 5.92 Å². The van der Waals surface area contributed by atoms with Crippen LogP contribution in [-0.4, -0.2) is 16.9 Å². The van der Waals surface area contributed by atoms with Gasteiger partial charge in [0.25, 0.3) is 0 Å². The standard InChI is InChI=1S/C12H13NO3/c13-9-3-4-10-7(5-9)1-2-8(12(10)16)6-11(14)15/h3-5,8H,1-2,6,13H2,(H,14,15). The minimum Gasteiger partial charge on any atom is -0.481 e. The molecule has 1 aromatic rings. The number of ketones is 1. The molecule has 0 bridgehead atoms. The lowest BCUT2D eigenvalue weighted by molar-refractivity contribution is -0.137. The zero-order valence-corrected chi connectivity index (χ0v) is 8.77. The van der Waals surface area contributed by atoms with Crippen molar-refractivity contribution in [1.29, 1.82) is 0 Å². The van der Waals surface area contributed by atoms with Crippen molar-refractivity contribution >= 4 is 17.4 Å². The number of benzene rings is 1. The average Bonchev–Trinajstić information content (AvgIpc) is 2.22. The van der Waals surface area contributed by atoms with Gasteiger partial charge in [0.05, 0.1) is 6.42 Å². The van der Waals surface area contributed by atoms with Crippen LogP contribution in [0.25, 0.3) is 0 Å². The SMILES string of the molecule is Nc1ccc2c(c1)CCC(CC(=O)O)C2=O. The number of anilines is 1. The topological polar surface area (TPSA) is 80.4 Å². The maximum absolute atomic E-state index is 12.0. The van der Waals surface area contributed by atoms with Gasteiger partial charge in [-0.25, -0.2) is 0 Å². The molecule has 0 radical (unpaired) electrons. The third-order valence-electron chi connectivity index (χ3n) is 2.95. The van der Waals surface area contributed by atoms with E-state index in [0.717, 1.165) is 12.0 Å². The molecule has 4 heteroatoms. The van der Waals surface area contributed by atoms with Gasteiger partial charge in [-0.15, -0.1) is 0 Å². The van der Waals surface area contributed by atoms with Crippen molar-refractivity contribution in [2.45, 2.75) is 19.3 Å². The van der Waals surface area contributed by atoms with Gasteiger partial charge in [-0.2, -0.15) is 0 Å². The van der Waals surface area contributed by atoms with Crippen molar-refractivity contribution in [3.8, 4) is 0 Å². The summed E-state index contributed by atoms with van der Waals surface area (Å²) in [5.74, 6) is -1.37. The molecule has 1 atom stereocenters. The van der Waals surface area contributed by atoms with Crippen molar-refractivity contribution in [3.63, 3.8) is 0 Å². The number of aliphatic carboxylic acids is 1. The van der Waals surface area contributed by atoms with Crippen molar-refractivity contribution in [1.82, 2.24) is 0 Å². The Labute approximate surface area is 93.1 Å². The number of aryl methyl sites for hydroxylation is 1. The maximum atomic E-state index is 12.0.